The maximum atomic E-state index is 6.51. The minimum Gasteiger partial charge on any atom is -0.176 e. The molecule has 0 bridgehead atoms. The number of rotatable bonds is 2. The predicted octanol–water partition coefficient (Wildman–Crippen LogP) is 1.67. The van der Waals surface area contributed by atoms with E-state index in [0.717, 1.165) is 12.8 Å². The molecular weight excluding hydrogens is 104 g/mol. The van der Waals surface area contributed by atoms with E-state index < -0.39 is 0 Å². The molecule has 0 fully saturated rings. The first-order valence-electron chi connectivity index (χ1n) is 2.35. The number of thiol groups is 1. The van der Waals surface area contributed by atoms with Crippen LogP contribution in [0.5, 0.6) is 0 Å². The summed E-state index contributed by atoms with van der Waals surface area (Å²) >= 11 is 4.11. The Morgan fingerprint density at radius 3 is 2.57 bits per heavy atom. The van der Waals surface area contributed by atoms with E-state index in [1.165, 1.54) is 0 Å². The van der Waals surface area contributed by atoms with Gasteiger partial charge in [0.2, 0.25) is 0 Å². The van der Waals surface area contributed by atoms with Crippen LogP contribution in [0.3, 0.4) is 0 Å². The SMILES string of the molecule is [C]#CCCC(C)S. The van der Waals surface area contributed by atoms with E-state index >= 15 is 0 Å². The molecule has 0 saturated carbocycles. The van der Waals surface area contributed by atoms with E-state index in [0.29, 0.717) is 5.25 Å². The second-order valence-electron chi connectivity index (χ2n) is 1.56. The average molecular weight is 113 g/mol. The Morgan fingerprint density at radius 2 is 2.43 bits per heavy atom. The van der Waals surface area contributed by atoms with Gasteiger partial charge in [0.15, 0.2) is 0 Å². The molecule has 0 aliphatic heterocycles. The van der Waals surface area contributed by atoms with E-state index in [9.17, 15) is 0 Å². The van der Waals surface area contributed by atoms with E-state index in [4.69, 9.17) is 6.42 Å². The van der Waals surface area contributed by atoms with Gasteiger partial charge in [-0.25, -0.2) is 0 Å². The topological polar surface area (TPSA) is 0 Å². The van der Waals surface area contributed by atoms with Crippen molar-refractivity contribution in [3.63, 3.8) is 0 Å². The lowest BCUT2D eigenvalue weighted by atomic mass is 10.3. The van der Waals surface area contributed by atoms with E-state index in [1.807, 2.05) is 6.92 Å². The Bertz CT molecular complexity index is 68.7. The van der Waals surface area contributed by atoms with Crippen LogP contribution in [0.2, 0.25) is 0 Å². The molecule has 1 atom stereocenters. The molecule has 0 N–H and O–H groups in total. The fraction of sp³-hybridized carbons (Fsp3) is 0.667. The zero-order valence-corrected chi connectivity index (χ0v) is 5.33. The minimum absolute atomic E-state index is 0.415. The first kappa shape index (κ1) is 6.91. The van der Waals surface area contributed by atoms with Crippen molar-refractivity contribution in [3.05, 3.63) is 6.42 Å². The van der Waals surface area contributed by atoms with Gasteiger partial charge in [0.1, 0.15) is 0 Å². The molecule has 7 heavy (non-hydrogen) atoms. The fourth-order valence-electron chi connectivity index (χ4n) is 0.281. The molecule has 0 aromatic rings. The standard InChI is InChI=1S/C6H9S/c1-3-4-5-6(2)7/h6-7H,4-5H2,2H3. The summed E-state index contributed by atoms with van der Waals surface area (Å²) in [5.41, 5.74) is 0. The van der Waals surface area contributed by atoms with Gasteiger partial charge in [-0.15, -0.1) is 0 Å². The van der Waals surface area contributed by atoms with Gasteiger partial charge in [-0.05, 0) is 18.1 Å². The lowest BCUT2D eigenvalue weighted by Crippen LogP contribution is -1.87. The summed E-state index contributed by atoms with van der Waals surface area (Å²) in [6, 6.07) is 0. The molecule has 0 saturated heterocycles. The van der Waals surface area contributed by atoms with Gasteiger partial charge in [0.05, 0.1) is 0 Å². The van der Waals surface area contributed by atoms with Crippen molar-refractivity contribution >= 4 is 12.6 Å². The van der Waals surface area contributed by atoms with Crippen LogP contribution in [0.1, 0.15) is 19.8 Å². The Kier molecular flexibility index (Phi) is 4.03. The van der Waals surface area contributed by atoms with Crippen LogP contribution >= 0.6 is 12.6 Å². The zero-order valence-electron chi connectivity index (χ0n) is 4.44. The molecule has 0 spiro atoms. The van der Waals surface area contributed by atoms with Crippen LogP contribution in [0, 0.1) is 12.3 Å². The van der Waals surface area contributed by atoms with Crippen LogP contribution in [-0.2, 0) is 0 Å². The first-order chi connectivity index (χ1) is 3.27. The van der Waals surface area contributed by atoms with Gasteiger partial charge in [-0.3, -0.25) is 0 Å². The highest BCUT2D eigenvalue weighted by molar-refractivity contribution is 7.80. The molecule has 0 aromatic heterocycles. The minimum atomic E-state index is 0.415. The third-order valence-electron chi connectivity index (χ3n) is 0.687. The first-order valence-corrected chi connectivity index (χ1v) is 2.86. The second-order valence-corrected chi connectivity index (χ2v) is 2.45. The fourth-order valence-corrected chi connectivity index (χ4v) is 0.410. The van der Waals surface area contributed by atoms with Gasteiger partial charge < -0.3 is 0 Å². The molecule has 0 aliphatic rings. The van der Waals surface area contributed by atoms with Crippen LogP contribution in [0.4, 0.5) is 0 Å². The zero-order chi connectivity index (χ0) is 5.70. The monoisotopic (exact) mass is 113 g/mol. The Labute approximate surface area is 50.7 Å². The van der Waals surface area contributed by atoms with Crippen molar-refractivity contribution in [2.24, 2.45) is 0 Å². The highest BCUT2D eigenvalue weighted by atomic mass is 32.1. The summed E-state index contributed by atoms with van der Waals surface area (Å²) in [5.74, 6) is 2.30. The largest absolute Gasteiger partial charge is 0.176 e. The van der Waals surface area contributed by atoms with Crippen LogP contribution in [0.15, 0.2) is 0 Å². The predicted molar refractivity (Wildman–Crippen MR) is 34.8 cm³/mol. The smallest absolute Gasteiger partial charge is 0.0109 e. The summed E-state index contributed by atoms with van der Waals surface area (Å²) in [7, 11) is 0. The van der Waals surface area contributed by atoms with Gasteiger partial charge in [-0.1, -0.05) is 12.8 Å². The highest BCUT2D eigenvalue weighted by Crippen LogP contribution is 2.00. The Balaban J connectivity index is 2.86. The Morgan fingerprint density at radius 1 is 1.86 bits per heavy atom. The van der Waals surface area contributed by atoms with Crippen molar-refractivity contribution in [2.45, 2.75) is 25.0 Å². The molecule has 0 rings (SSSR count). The summed E-state index contributed by atoms with van der Waals surface area (Å²) < 4.78 is 0. The van der Waals surface area contributed by atoms with Crippen LogP contribution in [0.25, 0.3) is 0 Å². The van der Waals surface area contributed by atoms with Gasteiger partial charge >= 0.3 is 0 Å². The quantitative estimate of drug-likeness (QED) is 0.409. The van der Waals surface area contributed by atoms with Crippen LogP contribution in [-0.4, -0.2) is 5.25 Å². The maximum Gasteiger partial charge on any atom is 0.0109 e. The van der Waals surface area contributed by atoms with Crippen molar-refractivity contribution < 1.29 is 0 Å². The summed E-state index contributed by atoms with van der Waals surface area (Å²) in [4.78, 5) is 0. The lowest BCUT2D eigenvalue weighted by Gasteiger charge is -1.94. The van der Waals surface area contributed by atoms with Gasteiger partial charge in [0.25, 0.3) is 0 Å². The van der Waals surface area contributed by atoms with Gasteiger partial charge in [0, 0.05) is 6.42 Å². The van der Waals surface area contributed by atoms with E-state index in [-0.39, 0.29) is 0 Å². The molecule has 1 heteroatoms. The van der Waals surface area contributed by atoms with Crippen molar-refractivity contribution in [2.75, 3.05) is 0 Å². The Hall–Kier alpha value is -0.0900. The molecule has 0 amide bonds. The summed E-state index contributed by atoms with van der Waals surface area (Å²) in [6.45, 7) is 2.01. The van der Waals surface area contributed by atoms with Crippen molar-refractivity contribution in [3.8, 4) is 5.92 Å². The molecule has 0 aromatic carbocycles. The molecule has 0 heterocycles. The third kappa shape index (κ3) is 5.91. The number of hydrogen-bond acceptors (Lipinski definition) is 1. The highest BCUT2D eigenvalue weighted by Gasteiger charge is 1.88. The molecule has 1 unspecified atom stereocenters. The molecule has 0 nitrogen and oxygen atoms in total. The molecule has 39 valence electrons. The maximum absolute atomic E-state index is 6.51. The van der Waals surface area contributed by atoms with Crippen molar-refractivity contribution in [1.82, 2.24) is 0 Å². The number of hydrogen-bond donors (Lipinski definition) is 1. The summed E-state index contributed by atoms with van der Waals surface area (Å²) in [5, 5.41) is 0.415. The molecule has 0 aliphatic carbocycles. The van der Waals surface area contributed by atoms with Gasteiger partial charge in [-0.2, -0.15) is 12.6 Å². The van der Waals surface area contributed by atoms with Crippen LogP contribution < -0.4 is 0 Å². The second kappa shape index (κ2) is 4.08. The molecule has 1 radical (unpaired) electrons. The normalized spacial score (nSPS) is 12.7. The van der Waals surface area contributed by atoms with Crippen molar-refractivity contribution in [1.29, 1.82) is 0 Å². The molecular formula is C6H9S. The van der Waals surface area contributed by atoms with E-state index in [1.54, 1.807) is 0 Å². The third-order valence-corrected chi connectivity index (χ3v) is 0.945. The summed E-state index contributed by atoms with van der Waals surface area (Å²) in [6.07, 6.45) is 8.22. The lowest BCUT2D eigenvalue weighted by molar-refractivity contribution is 0.851. The average Bonchev–Trinajstić information content (AvgIpc) is 1.61. The van der Waals surface area contributed by atoms with E-state index in [2.05, 4.69) is 18.5 Å².